The van der Waals surface area contributed by atoms with E-state index in [-0.39, 0.29) is 36.1 Å². The van der Waals surface area contributed by atoms with Crippen molar-refractivity contribution in [1.82, 2.24) is 14.5 Å². The van der Waals surface area contributed by atoms with Gasteiger partial charge in [-0.2, -0.15) is 0 Å². The topological polar surface area (TPSA) is 96.4 Å². The number of anilines is 1. The third-order valence-electron chi connectivity index (χ3n) is 7.07. The van der Waals surface area contributed by atoms with E-state index in [9.17, 15) is 27.6 Å². The first-order valence-corrected chi connectivity index (χ1v) is 13.9. The van der Waals surface area contributed by atoms with Crippen molar-refractivity contribution in [3.63, 3.8) is 0 Å². The van der Waals surface area contributed by atoms with Crippen LogP contribution in [0.5, 0.6) is 5.75 Å². The number of pyridine rings is 1. The number of rotatable bonds is 11. The summed E-state index contributed by atoms with van der Waals surface area (Å²) in [6.07, 6.45) is 9.22. The van der Waals surface area contributed by atoms with Gasteiger partial charge in [0, 0.05) is 48.1 Å². The lowest BCUT2D eigenvalue weighted by Gasteiger charge is -2.11. The number of amides is 2. The molecule has 0 aliphatic carbocycles. The molecule has 8 nitrogen and oxygen atoms in total. The maximum atomic E-state index is 14.3. The number of allylic oxidation sites excluding steroid dienone is 1. The molecule has 3 heterocycles. The molecule has 5 rings (SSSR count). The number of carbonyl (C=O) groups is 2. The average molecular weight is 592 g/mol. The predicted octanol–water partition coefficient (Wildman–Crippen LogP) is 5.48. The van der Waals surface area contributed by atoms with Crippen molar-refractivity contribution in [1.29, 1.82) is 0 Å². The summed E-state index contributed by atoms with van der Waals surface area (Å²) in [7, 11) is 0. The lowest BCUT2D eigenvalue weighted by atomic mass is 10.2. The Labute approximate surface area is 245 Å². The van der Waals surface area contributed by atoms with Gasteiger partial charge in [-0.1, -0.05) is 6.08 Å². The Kier molecular flexibility index (Phi) is 9.29. The van der Waals surface area contributed by atoms with Crippen LogP contribution in [-0.4, -0.2) is 39.4 Å². The fraction of sp³-hybridized carbons (Fsp3) is 0.250. The number of nitrogens with zero attached hydrogens (tertiary/aromatic N) is 2. The van der Waals surface area contributed by atoms with E-state index < -0.39 is 28.9 Å². The van der Waals surface area contributed by atoms with E-state index in [0.717, 1.165) is 44.1 Å². The highest BCUT2D eigenvalue weighted by Crippen LogP contribution is 2.29. The van der Waals surface area contributed by atoms with E-state index in [1.54, 1.807) is 29.3 Å². The monoisotopic (exact) mass is 591 g/mol. The first kappa shape index (κ1) is 29.7. The normalized spacial score (nSPS) is 13.2. The van der Waals surface area contributed by atoms with E-state index in [0.29, 0.717) is 29.4 Å². The standard InChI is InChI=1S/C32H30F3N4O4/c33-23-11-10-21(26(35)17-23)20-43-28-18-24(34)15-22-16-25(36-31(22)28)19-39-14-6-7-27(32(39)42)37-29(40)8-2-1-3-9-30(41)38-12-4-5-13-38/h3,6-11,14-18,36H,1-2,4-5,12-13,19-20H2,(H,37,40)/b9-3+. The number of hydrogen-bond acceptors (Lipinski definition) is 4. The molecule has 4 aromatic rings. The molecule has 1 saturated heterocycles. The van der Waals surface area contributed by atoms with Gasteiger partial charge in [-0.25, -0.2) is 13.2 Å². The number of aromatic nitrogens is 2. The van der Waals surface area contributed by atoms with Crippen molar-refractivity contribution in [3.05, 3.63) is 112 Å². The molecule has 2 aromatic heterocycles. The number of likely N-dealkylation sites (tertiary alicyclic amines) is 1. The summed E-state index contributed by atoms with van der Waals surface area (Å²) in [5.41, 5.74) is 0.773. The Balaban J connectivity index is 1.20. The van der Waals surface area contributed by atoms with Crippen molar-refractivity contribution >= 4 is 28.4 Å². The first-order valence-electron chi connectivity index (χ1n) is 13.9. The van der Waals surface area contributed by atoms with Gasteiger partial charge in [0.1, 0.15) is 35.5 Å². The Morgan fingerprint density at radius 1 is 1.00 bits per heavy atom. The number of ether oxygens (including phenoxy) is 1. The zero-order valence-electron chi connectivity index (χ0n) is 23.2. The average Bonchev–Trinajstić information content (AvgIpc) is 3.65. The molecule has 0 unspecified atom stereocenters. The maximum Gasteiger partial charge on any atom is 0.274 e. The highest BCUT2D eigenvalue weighted by Gasteiger charge is 2.16. The minimum atomic E-state index is -0.773. The molecule has 1 aliphatic rings. The van der Waals surface area contributed by atoms with Crippen molar-refractivity contribution in [2.45, 2.75) is 38.8 Å². The first-order chi connectivity index (χ1) is 20.8. The van der Waals surface area contributed by atoms with E-state index >= 15 is 0 Å². The van der Waals surface area contributed by atoms with Crippen LogP contribution < -0.4 is 15.6 Å². The van der Waals surface area contributed by atoms with Gasteiger partial charge in [0.05, 0.1) is 18.5 Å². The van der Waals surface area contributed by atoms with Gasteiger partial charge < -0.3 is 24.5 Å². The molecule has 1 radical (unpaired) electrons. The Bertz CT molecular complexity index is 1720. The SMILES string of the molecule is O=C([CH]CC/C=C/C(=O)N1CCCC1)Nc1cccn(Cc2cc3cc(F)cc(OCc4ccc(F)cc4F)c3[nH]2)c1=O. The Morgan fingerprint density at radius 2 is 1.81 bits per heavy atom. The van der Waals surface area contributed by atoms with Crippen LogP contribution in [0, 0.1) is 23.9 Å². The van der Waals surface area contributed by atoms with E-state index in [4.69, 9.17) is 4.74 Å². The second-order valence-electron chi connectivity index (χ2n) is 10.2. The highest BCUT2D eigenvalue weighted by atomic mass is 19.1. The number of nitrogens with one attached hydrogen (secondary N) is 2. The molecule has 0 saturated carbocycles. The molecule has 1 fully saturated rings. The fourth-order valence-electron chi connectivity index (χ4n) is 4.89. The van der Waals surface area contributed by atoms with Gasteiger partial charge in [-0.05, 0) is 68.2 Å². The zero-order chi connectivity index (χ0) is 30.3. The molecular weight excluding hydrogens is 561 g/mol. The molecule has 2 N–H and O–H groups in total. The van der Waals surface area contributed by atoms with Gasteiger partial charge in [-0.3, -0.25) is 14.4 Å². The van der Waals surface area contributed by atoms with E-state index in [1.165, 1.54) is 35.3 Å². The predicted molar refractivity (Wildman–Crippen MR) is 156 cm³/mol. The lowest BCUT2D eigenvalue weighted by molar-refractivity contribution is -0.125. The van der Waals surface area contributed by atoms with Gasteiger partial charge in [0.15, 0.2) is 0 Å². The largest absolute Gasteiger partial charge is 0.486 e. The number of aromatic amines is 1. The summed E-state index contributed by atoms with van der Waals surface area (Å²) in [4.78, 5) is 42.4. The van der Waals surface area contributed by atoms with Crippen molar-refractivity contribution < 1.29 is 27.5 Å². The minimum Gasteiger partial charge on any atom is -0.486 e. The third kappa shape index (κ3) is 7.54. The van der Waals surface area contributed by atoms with Gasteiger partial charge in [0.25, 0.3) is 5.56 Å². The number of fused-ring (bicyclic) bond motifs is 1. The maximum absolute atomic E-state index is 14.3. The molecule has 223 valence electrons. The molecule has 0 bridgehead atoms. The van der Waals surface area contributed by atoms with Gasteiger partial charge >= 0.3 is 0 Å². The highest BCUT2D eigenvalue weighted by molar-refractivity contribution is 5.97. The van der Waals surface area contributed by atoms with Crippen LogP contribution in [0.1, 0.15) is 36.9 Å². The molecule has 43 heavy (non-hydrogen) atoms. The van der Waals surface area contributed by atoms with Crippen LogP contribution in [0.15, 0.2) is 71.7 Å². The second-order valence-corrected chi connectivity index (χ2v) is 10.2. The zero-order valence-corrected chi connectivity index (χ0v) is 23.2. The number of H-pyrrole nitrogens is 1. The van der Waals surface area contributed by atoms with Crippen LogP contribution in [-0.2, 0) is 22.7 Å². The van der Waals surface area contributed by atoms with Gasteiger partial charge in [0.2, 0.25) is 11.8 Å². The van der Waals surface area contributed by atoms with Gasteiger partial charge in [-0.15, -0.1) is 0 Å². The quantitative estimate of drug-likeness (QED) is 0.179. The van der Waals surface area contributed by atoms with Crippen molar-refractivity contribution in [2.24, 2.45) is 0 Å². The molecular formula is C32H30F3N4O4. The molecule has 11 heteroatoms. The van der Waals surface area contributed by atoms with Crippen LogP contribution in [0.2, 0.25) is 0 Å². The number of unbranched alkanes of at least 4 members (excludes halogenated alkanes) is 1. The second kappa shape index (κ2) is 13.5. The Morgan fingerprint density at radius 3 is 2.60 bits per heavy atom. The summed E-state index contributed by atoms with van der Waals surface area (Å²) in [5, 5.41) is 3.08. The molecule has 0 spiro atoms. The van der Waals surface area contributed by atoms with Crippen LogP contribution >= 0.6 is 0 Å². The summed E-state index contributed by atoms with van der Waals surface area (Å²) >= 11 is 0. The van der Waals surface area contributed by atoms with Crippen LogP contribution in [0.3, 0.4) is 0 Å². The number of carbonyl (C=O) groups excluding carboxylic acids is 2. The number of hydrogen-bond donors (Lipinski definition) is 2. The van der Waals surface area contributed by atoms with Crippen molar-refractivity contribution in [2.75, 3.05) is 18.4 Å². The summed E-state index contributed by atoms with van der Waals surface area (Å²) in [5.74, 6) is -2.38. The summed E-state index contributed by atoms with van der Waals surface area (Å²) < 4.78 is 48.6. The van der Waals surface area contributed by atoms with Crippen LogP contribution in [0.4, 0.5) is 18.9 Å². The van der Waals surface area contributed by atoms with Crippen molar-refractivity contribution in [3.8, 4) is 5.75 Å². The molecule has 2 aromatic carbocycles. The van der Waals surface area contributed by atoms with E-state index in [1.807, 2.05) is 0 Å². The third-order valence-corrected chi connectivity index (χ3v) is 7.07. The Hall–Kier alpha value is -4.80. The minimum absolute atomic E-state index is 0.0176. The molecule has 2 amide bonds. The fourth-order valence-corrected chi connectivity index (χ4v) is 4.89. The smallest absolute Gasteiger partial charge is 0.274 e. The van der Waals surface area contributed by atoms with Crippen LogP contribution in [0.25, 0.3) is 10.9 Å². The molecule has 0 atom stereocenters. The molecule has 1 aliphatic heterocycles. The van der Waals surface area contributed by atoms with E-state index in [2.05, 4.69) is 10.3 Å². The number of halogens is 3. The lowest BCUT2D eigenvalue weighted by Crippen LogP contribution is -2.26. The summed E-state index contributed by atoms with van der Waals surface area (Å²) in [6, 6.07) is 10.4. The number of benzene rings is 2. The summed E-state index contributed by atoms with van der Waals surface area (Å²) in [6.45, 7) is 1.40.